The summed E-state index contributed by atoms with van der Waals surface area (Å²) in [6, 6.07) is 10.6. The lowest BCUT2D eigenvalue weighted by atomic mass is 9.96. The highest BCUT2D eigenvalue weighted by molar-refractivity contribution is 5.95. The van der Waals surface area contributed by atoms with Gasteiger partial charge < -0.3 is 24.6 Å². The average Bonchev–Trinajstić information content (AvgIpc) is 2.72. The molecule has 2 aromatic rings. The molecule has 0 spiro atoms. The molecule has 0 fully saturated rings. The summed E-state index contributed by atoms with van der Waals surface area (Å²) in [4.78, 5) is 23.6. The van der Waals surface area contributed by atoms with Gasteiger partial charge >= 0.3 is 5.97 Å². The molecule has 2 aromatic carbocycles. The zero-order valence-electron chi connectivity index (χ0n) is 16.6. The lowest BCUT2D eigenvalue weighted by Crippen LogP contribution is -2.32. The zero-order valence-corrected chi connectivity index (χ0v) is 16.6. The van der Waals surface area contributed by atoms with Crippen molar-refractivity contribution < 1.29 is 28.9 Å². The molecule has 0 aliphatic carbocycles. The number of amides is 1. The molecule has 1 unspecified atom stereocenters. The van der Waals surface area contributed by atoms with E-state index < -0.39 is 12.6 Å². The van der Waals surface area contributed by atoms with E-state index in [-0.39, 0.29) is 17.7 Å². The highest BCUT2D eigenvalue weighted by atomic mass is 16.5. The van der Waals surface area contributed by atoms with Gasteiger partial charge in [0.1, 0.15) is 5.75 Å². The van der Waals surface area contributed by atoms with Gasteiger partial charge in [0.05, 0.1) is 19.3 Å². The van der Waals surface area contributed by atoms with E-state index in [0.717, 1.165) is 23.3 Å². The summed E-state index contributed by atoms with van der Waals surface area (Å²) >= 11 is 0. The Morgan fingerprint density at radius 3 is 2.72 bits per heavy atom. The normalized spacial score (nSPS) is 15.0. The Balaban J connectivity index is 1.79. The topological polar surface area (TPSA) is 94.1 Å². The van der Waals surface area contributed by atoms with Gasteiger partial charge in [-0.15, -0.1) is 0 Å². The van der Waals surface area contributed by atoms with Crippen molar-refractivity contribution in [1.82, 2.24) is 5.32 Å². The zero-order chi connectivity index (χ0) is 20.8. The van der Waals surface area contributed by atoms with Crippen molar-refractivity contribution in [3.8, 4) is 17.2 Å². The van der Waals surface area contributed by atoms with Crippen molar-refractivity contribution in [2.45, 2.75) is 32.7 Å². The molecule has 1 amide bonds. The fraction of sp³-hybridized carbons (Fsp3) is 0.364. The minimum absolute atomic E-state index is 0.142. The van der Waals surface area contributed by atoms with Crippen LogP contribution in [0.4, 0.5) is 0 Å². The number of rotatable bonds is 8. The lowest BCUT2D eigenvalue weighted by molar-refractivity contribution is -0.139. The minimum atomic E-state index is -1.08. The largest absolute Gasteiger partial charge is 0.493 e. The fourth-order valence-corrected chi connectivity index (χ4v) is 3.34. The Hall–Kier alpha value is -3.22. The number of fused-ring (bicyclic) bond motifs is 1. The van der Waals surface area contributed by atoms with Crippen molar-refractivity contribution in [3.05, 3.63) is 53.1 Å². The molecule has 29 heavy (non-hydrogen) atoms. The summed E-state index contributed by atoms with van der Waals surface area (Å²) < 4.78 is 16.6. The van der Waals surface area contributed by atoms with Crippen LogP contribution in [0.1, 0.15) is 47.8 Å². The number of carboxylic acid groups (broad SMARTS) is 1. The third kappa shape index (κ3) is 4.80. The maximum Gasteiger partial charge on any atom is 0.341 e. The van der Waals surface area contributed by atoms with Crippen LogP contribution in [0.2, 0.25) is 0 Å². The van der Waals surface area contributed by atoms with Crippen LogP contribution in [0, 0.1) is 0 Å². The minimum Gasteiger partial charge on any atom is -0.493 e. The van der Waals surface area contributed by atoms with Crippen LogP contribution in [-0.2, 0) is 11.2 Å². The van der Waals surface area contributed by atoms with Crippen LogP contribution >= 0.6 is 0 Å². The van der Waals surface area contributed by atoms with E-state index in [4.69, 9.17) is 19.3 Å². The van der Waals surface area contributed by atoms with E-state index in [1.54, 1.807) is 25.1 Å². The van der Waals surface area contributed by atoms with Crippen LogP contribution in [0.25, 0.3) is 0 Å². The number of aliphatic carboxylic acids is 1. The fourth-order valence-electron chi connectivity index (χ4n) is 3.34. The van der Waals surface area contributed by atoms with Crippen molar-refractivity contribution in [3.63, 3.8) is 0 Å². The SMILES string of the molecule is CCOc1cc(C(=O)NC2CCOc3c(CC)cccc32)ccc1OCC(=O)O. The summed E-state index contributed by atoms with van der Waals surface area (Å²) in [7, 11) is 0. The Morgan fingerprint density at radius 2 is 2.00 bits per heavy atom. The number of para-hydroxylation sites is 1. The number of ether oxygens (including phenoxy) is 3. The second-order valence-electron chi connectivity index (χ2n) is 6.63. The molecular weight excluding hydrogens is 374 g/mol. The Labute approximate surface area is 169 Å². The summed E-state index contributed by atoms with van der Waals surface area (Å²) in [6.45, 7) is 4.30. The molecular formula is C22H25NO6. The molecule has 1 atom stereocenters. The maximum absolute atomic E-state index is 12.9. The molecule has 1 heterocycles. The predicted octanol–water partition coefficient (Wildman–Crippen LogP) is 3.36. The number of carbonyl (C=O) groups excluding carboxylic acids is 1. The van der Waals surface area contributed by atoms with Gasteiger partial charge in [-0.2, -0.15) is 0 Å². The van der Waals surface area contributed by atoms with Gasteiger partial charge in [-0.05, 0) is 37.1 Å². The first-order chi connectivity index (χ1) is 14.0. The second kappa shape index (κ2) is 9.32. The molecule has 7 heteroatoms. The third-order valence-electron chi connectivity index (χ3n) is 4.70. The number of aryl methyl sites for hydroxylation is 1. The first-order valence-corrected chi connectivity index (χ1v) is 9.70. The van der Waals surface area contributed by atoms with Gasteiger partial charge in [0.25, 0.3) is 5.91 Å². The molecule has 7 nitrogen and oxygen atoms in total. The van der Waals surface area contributed by atoms with E-state index in [2.05, 4.69) is 12.2 Å². The van der Waals surface area contributed by atoms with Crippen LogP contribution < -0.4 is 19.5 Å². The van der Waals surface area contributed by atoms with Crippen LogP contribution in [0.5, 0.6) is 17.2 Å². The monoisotopic (exact) mass is 399 g/mol. The van der Waals surface area contributed by atoms with Gasteiger partial charge in [0, 0.05) is 17.5 Å². The second-order valence-corrected chi connectivity index (χ2v) is 6.63. The summed E-state index contributed by atoms with van der Waals surface area (Å²) in [6.07, 6.45) is 1.55. The standard InChI is InChI=1S/C22H25NO6/c1-3-14-6-5-7-16-17(10-11-28-21(14)16)23-22(26)15-8-9-18(29-13-20(24)25)19(12-15)27-4-2/h5-9,12,17H,3-4,10-11,13H2,1-2H3,(H,23,26)(H,24,25). The van der Waals surface area contributed by atoms with Crippen molar-refractivity contribution in [2.75, 3.05) is 19.8 Å². The highest BCUT2D eigenvalue weighted by Gasteiger charge is 2.25. The predicted molar refractivity (Wildman–Crippen MR) is 107 cm³/mol. The molecule has 3 rings (SSSR count). The maximum atomic E-state index is 12.9. The van der Waals surface area contributed by atoms with E-state index >= 15 is 0 Å². The van der Waals surface area contributed by atoms with Gasteiger partial charge in [0.2, 0.25) is 0 Å². The molecule has 1 aliphatic heterocycles. The van der Waals surface area contributed by atoms with Crippen LogP contribution in [0.15, 0.2) is 36.4 Å². The van der Waals surface area contributed by atoms with Crippen molar-refractivity contribution >= 4 is 11.9 Å². The molecule has 0 radical (unpaired) electrons. The Kier molecular flexibility index (Phi) is 6.59. The number of carboxylic acids is 1. The van der Waals surface area contributed by atoms with Crippen LogP contribution in [0.3, 0.4) is 0 Å². The van der Waals surface area contributed by atoms with Gasteiger partial charge in [-0.3, -0.25) is 4.79 Å². The Morgan fingerprint density at radius 1 is 1.17 bits per heavy atom. The molecule has 2 N–H and O–H groups in total. The molecule has 154 valence electrons. The van der Waals surface area contributed by atoms with E-state index in [1.807, 2.05) is 18.2 Å². The number of hydrogen-bond donors (Lipinski definition) is 2. The van der Waals surface area contributed by atoms with Crippen molar-refractivity contribution in [1.29, 1.82) is 0 Å². The smallest absolute Gasteiger partial charge is 0.341 e. The molecule has 0 saturated heterocycles. The summed E-state index contributed by atoms with van der Waals surface area (Å²) in [5.41, 5.74) is 2.52. The Bertz CT molecular complexity index is 895. The summed E-state index contributed by atoms with van der Waals surface area (Å²) in [5.74, 6) is 0.158. The van der Waals surface area contributed by atoms with E-state index in [0.29, 0.717) is 30.9 Å². The van der Waals surface area contributed by atoms with Gasteiger partial charge in [-0.25, -0.2) is 4.79 Å². The van der Waals surface area contributed by atoms with Gasteiger partial charge in [0.15, 0.2) is 18.1 Å². The summed E-state index contributed by atoms with van der Waals surface area (Å²) in [5, 5.41) is 11.9. The number of benzene rings is 2. The average molecular weight is 399 g/mol. The van der Waals surface area contributed by atoms with E-state index in [9.17, 15) is 9.59 Å². The first-order valence-electron chi connectivity index (χ1n) is 9.70. The molecule has 1 aliphatic rings. The van der Waals surface area contributed by atoms with Gasteiger partial charge in [-0.1, -0.05) is 25.1 Å². The molecule has 0 bridgehead atoms. The molecule has 0 aromatic heterocycles. The third-order valence-corrected chi connectivity index (χ3v) is 4.70. The molecule has 0 saturated carbocycles. The number of nitrogens with one attached hydrogen (secondary N) is 1. The lowest BCUT2D eigenvalue weighted by Gasteiger charge is -2.28. The number of hydrogen-bond acceptors (Lipinski definition) is 5. The van der Waals surface area contributed by atoms with E-state index in [1.165, 1.54) is 0 Å². The first kappa shape index (κ1) is 20.5. The van der Waals surface area contributed by atoms with Crippen molar-refractivity contribution in [2.24, 2.45) is 0 Å². The number of carbonyl (C=O) groups is 2. The highest BCUT2D eigenvalue weighted by Crippen LogP contribution is 2.35. The van der Waals surface area contributed by atoms with Crippen LogP contribution in [-0.4, -0.2) is 36.8 Å². The quantitative estimate of drug-likeness (QED) is 0.707.